The van der Waals surface area contributed by atoms with Gasteiger partial charge in [-0.2, -0.15) is 0 Å². The summed E-state index contributed by atoms with van der Waals surface area (Å²) >= 11 is 0. The lowest BCUT2D eigenvalue weighted by Gasteiger charge is -2.35. The summed E-state index contributed by atoms with van der Waals surface area (Å²) in [5, 5.41) is 0. The summed E-state index contributed by atoms with van der Waals surface area (Å²) in [6.07, 6.45) is -0.311. The Hall–Kier alpha value is -3.07. The number of hydrogen-bond acceptors (Lipinski definition) is 4. The van der Waals surface area contributed by atoms with Crippen LogP contribution in [0.3, 0.4) is 0 Å². The molecule has 1 atom stereocenters. The Morgan fingerprint density at radius 1 is 1.11 bits per heavy atom. The molecule has 1 saturated heterocycles. The fourth-order valence-corrected chi connectivity index (χ4v) is 4.98. The molecule has 0 bridgehead atoms. The molecule has 36 heavy (non-hydrogen) atoms. The van der Waals surface area contributed by atoms with Crippen molar-refractivity contribution in [2.75, 3.05) is 26.2 Å². The van der Waals surface area contributed by atoms with E-state index in [4.69, 9.17) is 4.98 Å². The standard InChI is InChI=1S/C27H33F2N5O2/c1-26(2,3)17-34-22-9-8-21(30-23(22)31(4)25(34)36)19-7-5-6-18(14-19)16-32-10-12-33(13-11-32)24(35)20-15-27(20,28)29/h5-9,14,20H,10-13,15-17H2,1-4H3. The molecule has 2 aromatic heterocycles. The molecule has 1 unspecified atom stereocenters. The number of halogens is 2. The predicted octanol–water partition coefficient (Wildman–Crippen LogP) is 3.75. The Balaban J connectivity index is 1.29. The van der Waals surface area contributed by atoms with Crippen LogP contribution < -0.4 is 5.69 Å². The number of pyridine rings is 1. The largest absolute Gasteiger partial charge is 0.340 e. The van der Waals surface area contributed by atoms with Gasteiger partial charge in [-0.3, -0.25) is 18.8 Å². The van der Waals surface area contributed by atoms with Gasteiger partial charge in [0.05, 0.1) is 11.2 Å². The topological polar surface area (TPSA) is 63.4 Å². The zero-order valence-corrected chi connectivity index (χ0v) is 21.3. The highest BCUT2D eigenvalue weighted by Gasteiger charge is 2.62. The highest BCUT2D eigenvalue weighted by Crippen LogP contribution is 2.49. The van der Waals surface area contributed by atoms with Crippen LogP contribution >= 0.6 is 0 Å². The number of benzene rings is 1. The van der Waals surface area contributed by atoms with Crippen molar-refractivity contribution >= 4 is 17.1 Å². The third kappa shape index (κ3) is 4.81. The van der Waals surface area contributed by atoms with Gasteiger partial charge in [0.15, 0.2) is 5.65 Å². The van der Waals surface area contributed by atoms with Crippen LogP contribution in [0.15, 0.2) is 41.2 Å². The summed E-state index contributed by atoms with van der Waals surface area (Å²) in [6.45, 7) is 9.90. The molecule has 1 saturated carbocycles. The number of piperazine rings is 1. The minimum absolute atomic E-state index is 0.0349. The molecule has 2 aliphatic rings. The lowest BCUT2D eigenvalue weighted by molar-refractivity contribution is -0.136. The number of alkyl halides is 2. The monoisotopic (exact) mass is 497 g/mol. The first-order valence-corrected chi connectivity index (χ1v) is 12.5. The molecule has 3 aromatic rings. The first kappa shape index (κ1) is 24.6. The molecule has 1 aliphatic heterocycles. The maximum atomic E-state index is 13.3. The molecule has 0 radical (unpaired) electrons. The molecule has 3 heterocycles. The van der Waals surface area contributed by atoms with Gasteiger partial charge in [0.2, 0.25) is 5.91 Å². The van der Waals surface area contributed by atoms with Gasteiger partial charge in [0.25, 0.3) is 5.92 Å². The van der Waals surface area contributed by atoms with E-state index in [9.17, 15) is 18.4 Å². The summed E-state index contributed by atoms with van der Waals surface area (Å²) < 4.78 is 29.9. The predicted molar refractivity (Wildman–Crippen MR) is 135 cm³/mol. The van der Waals surface area contributed by atoms with Crippen molar-refractivity contribution in [1.82, 2.24) is 23.9 Å². The van der Waals surface area contributed by atoms with Crippen LogP contribution in [0, 0.1) is 11.3 Å². The lowest BCUT2D eigenvalue weighted by atomic mass is 9.97. The number of imidazole rings is 1. The summed E-state index contributed by atoms with van der Waals surface area (Å²) in [4.78, 5) is 33.7. The van der Waals surface area contributed by atoms with E-state index in [1.54, 1.807) is 21.1 Å². The average molecular weight is 498 g/mol. The Morgan fingerprint density at radius 2 is 1.81 bits per heavy atom. The zero-order chi connectivity index (χ0) is 25.8. The fraction of sp³-hybridized carbons (Fsp3) is 0.519. The quantitative estimate of drug-likeness (QED) is 0.539. The van der Waals surface area contributed by atoms with Crippen LogP contribution in [-0.2, 0) is 24.9 Å². The minimum Gasteiger partial charge on any atom is -0.340 e. The number of fused-ring (bicyclic) bond motifs is 1. The van der Waals surface area contributed by atoms with Gasteiger partial charge in [-0.05, 0) is 29.2 Å². The van der Waals surface area contributed by atoms with E-state index in [2.05, 4.69) is 37.8 Å². The summed E-state index contributed by atoms with van der Waals surface area (Å²) in [5.74, 6) is -4.34. The second-order valence-electron chi connectivity index (χ2n) is 11.3. The molecule has 7 nitrogen and oxygen atoms in total. The van der Waals surface area contributed by atoms with Gasteiger partial charge in [-0.25, -0.2) is 18.6 Å². The molecular weight excluding hydrogens is 464 g/mol. The number of aryl methyl sites for hydroxylation is 1. The summed E-state index contributed by atoms with van der Waals surface area (Å²) in [6, 6.07) is 12.1. The fourth-order valence-electron chi connectivity index (χ4n) is 4.98. The van der Waals surface area contributed by atoms with Gasteiger partial charge in [0, 0.05) is 58.3 Å². The molecular formula is C27H33F2N5O2. The van der Waals surface area contributed by atoms with Crippen molar-refractivity contribution in [2.24, 2.45) is 18.4 Å². The maximum absolute atomic E-state index is 13.3. The molecule has 192 valence electrons. The first-order valence-electron chi connectivity index (χ1n) is 12.5. The molecule has 5 rings (SSSR count). The van der Waals surface area contributed by atoms with E-state index in [1.807, 2.05) is 24.3 Å². The second-order valence-corrected chi connectivity index (χ2v) is 11.3. The minimum atomic E-state index is -2.81. The molecule has 1 aliphatic carbocycles. The van der Waals surface area contributed by atoms with Crippen molar-refractivity contribution in [1.29, 1.82) is 0 Å². The van der Waals surface area contributed by atoms with E-state index in [1.165, 1.54) is 0 Å². The Bertz CT molecular complexity index is 1360. The summed E-state index contributed by atoms with van der Waals surface area (Å²) in [7, 11) is 1.76. The number of hydrogen-bond donors (Lipinski definition) is 0. The lowest BCUT2D eigenvalue weighted by Crippen LogP contribution is -2.49. The molecule has 1 aromatic carbocycles. The van der Waals surface area contributed by atoms with Gasteiger partial charge in [0.1, 0.15) is 5.92 Å². The Morgan fingerprint density at radius 3 is 2.44 bits per heavy atom. The smallest absolute Gasteiger partial charge is 0.330 e. The van der Waals surface area contributed by atoms with Gasteiger partial charge in [-0.1, -0.05) is 39.0 Å². The highest BCUT2D eigenvalue weighted by molar-refractivity contribution is 5.83. The molecule has 9 heteroatoms. The van der Waals surface area contributed by atoms with Gasteiger partial charge >= 0.3 is 5.69 Å². The third-order valence-corrected chi connectivity index (χ3v) is 7.05. The van der Waals surface area contributed by atoms with E-state index >= 15 is 0 Å². The van der Waals surface area contributed by atoms with E-state index < -0.39 is 17.7 Å². The number of carbonyl (C=O) groups is 1. The van der Waals surface area contributed by atoms with Crippen molar-refractivity contribution < 1.29 is 13.6 Å². The van der Waals surface area contributed by atoms with Crippen LogP contribution in [0.2, 0.25) is 0 Å². The number of amides is 1. The number of carbonyl (C=O) groups excluding carboxylic acids is 1. The van der Waals surface area contributed by atoms with Crippen molar-refractivity contribution in [3.63, 3.8) is 0 Å². The van der Waals surface area contributed by atoms with Crippen LogP contribution in [-0.4, -0.2) is 61.9 Å². The van der Waals surface area contributed by atoms with Gasteiger partial charge < -0.3 is 4.90 Å². The van der Waals surface area contributed by atoms with Crippen molar-refractivity contribution in [2.45, 2.75) is 46.2 Å². The average Bonchev–Trinajstić information content (AvgIpc) is 3.42. The highest BCUT2D eigenvalue weighted by atomic mass is 19.3. The van der Waals surface area contributed by atoms with E-state index in [0.717, 1.165) is 22.3 Å². The zero-order valence-electron chi connectivity index (χ0n) is 21.3. The number of rotatable bonds is 5. The Kier molecular flexibility index (Phi) is 6.01. The van der Waals surface area contributed by atoms with Crippen LogP contribution in [0.5, 0.6) is 0 Å². The van der Waals surface area contributed by atoms with Crippen molar-refractivity contribution in [3.8, 4) is 11.3 Å². The molecule has 0 N–H and O–H groups in total. The van der Waals surface area contributed by atoms with Crippen molar-refractivity contribution in [3.05, 3.63) is 52.4 Å². The number of aromatic nitrogens is 3. The maximum Gasteiger partial charge on any atom is 0.330 e. The van der Waals surface area contributed by atoms with Crippen LogP contribution in [0.25, 0.3) is 22.4 Å². The second kappa shape index (κ2) is 8.80. The Labute approximate surface area is 209 Å². The van der Waals surface area contributed by atoms with Crippen LogP contribution in [0.4, 0.5) is 8.78 Å². The summed E-state index contributed by atoms with van der Waals surface area (Å²) in [5.41, 5.74) is 4.27. The molecule has 0 spiro atoms. The normalized spacial score (nSPS) is 20.2. The van der Waals surface area contributed by atoms with Gasteiger partial charge in [-0.15, -0.1) is 0 Å². The van der Waals surface area contributed by atoms with E-state index in [0.29, 0.717) is 44.9 Å². The SMILES string of the molecule is Cn1c(=O)n(CC(C)(C)C)c2ccc(-c3cccc(CN4CCN(C(=O)C5CC5(F)F)CC4)c3)nc21. The third-order valence-electron chi connectivity index (χ3n) is 7.05. The van der Waals surface area contributed by atoms with Crippen LogP contribution in [0.1, 0.15) is 32.8 Å². The number of nitrogens with zero attached hydrogens (tertiary/aromatic N) is 5. The molecule has 2 fully saturated rings. The molecule has 1 amide bonds. The van der Waals surface area contributed by atoms with E-state index in [-0.39, 0.29) is 17.5 Å². The first-order chi connectivity index (χ1) is 16.9.